The van der Waals surface area contributed by atoms with Crippen LogP contribution in [0.2, 0.25) is 0 Å². The summed E-state index contributed by atoms with van der Waals surface area (Å²) in [4.78, 5) is 6.72. The number of piperidine rings is 1. The van der Waals surface area contributed by atoms with Gasteiger partial charge in [-0.1, -0.05) is 63.9 Å². The van der Waals surface area contributed by atoms with Crippen LogP contribution in [-0.4, -0.2) is 27.4 Å². The van der Waals surface area contributed by atoms with Crippen LogP contribution in [0.3, 0.4) is 0 Å². The van der Waals surface area contributed by atoms with Gasteiger partial charge in [0.15, 0.2) is 0 Å². The standard InChI is InChI=1S/C23H39NO2/c1-7-15-22(5)17-21(25)20(9-3)23(6,16-8-2)24(22)26-18(4)19-13-11-10-12-14-19/h10-14,18,20-21,25H,7-9,15-17H2,1-6H3. The maximum absolute atomic E-state index is 11.0. The zero-order chi connectivity index (χ0) is 19.4. The Balaban J connectivity index is 2.41. The summed E-state index contributed by atoms with van der Waals surface area (Å²) in [6.07, 6.45) is 5.71. The zero-order valence-electron chi connectivity index (χ0n) is 17.7. The van der Waals surface area contributed by atoms with E-state index in [9.17, 15) is 5.11 Å². The molecule has 0 saturated carbocycles. The van der Waals surface area contributed by atoms with Gasteiger partial charge in [-0.25, -0.2) is 0 Å². The SMILES string of the molecule is CCCC1(C)CC(O)C(CC)C(C)(CCC)N1OC(C)c1ccccc1. The van der Waals surface area contributed by atoms with Crippen molar-refractivity contribution in [2.45, 2.75) is 103 Å². The molecule has 5 unspecified atom stereocenters. The lowest BCUT2D eigenvalue weighted by molar-refractivity contribution is -0.339. The molecule has 5 atom stereocenters. The first-order valence-corrected chi connectivity index (χ1v) is 10.5. The fourth-order valence-corrected chi connectivity index (χ4v) is 5.30. The van der Waals surface area contributed by atoms with Crippen molar-refractivity contribution in [3.8, 4) is 0 Å². The highest BCUT2D eigenvalue weighted by atomic mass is 16.7. The molecule has 1 saturated heterocycles. The number of benzene rings is 1. The van der Waals surface area contributed by atoms with Gasteiger partial charge < -0.3 is 5.11 Å². The molecule has 1 aliphatic heterocycles. The summed E-state index contributed by atoms with van der Waals surface area (Å²) in [6.45, 7) is 13.4. The third-order valence-electron chi connectivity index (χ3n) is 6.38. The maximum atomic E-state index is 11.0. The summed E-state index contributed by atoms with van der Waals surface area (Å²) in [5.74, 6) is 0.232. The van der Waals surface area contributed by atoms with E-state index in [1.165, 1.54) is 5.56 Å². The number of nitrogens with zero attached hydrogens (tertiary/aromatic N) is 1. The van der Waals surface area contributed by atoms with Crippen LogP contribution in [0.5, 0.6) is 0 Å². The van der Waals surface area contributed by atoms with Crippen molar-refractivity contribution in [3.05, 3.63) is 35.9 Å². The van der Waals surface area contributed by atoms with E-state index in [1.54, 1.807) is 0 Å². The average Bonchev–Trinajstić information content (AvgIpc) is 2.60. The number of hydrogen-bond donors (Lipinski definition) is 1. The number of hydroxylamine groups is 2. The first kappa shape index (κ1) is 21.4. The summed E-state index contributed by atoms with van der Waals surface area (Å²) in [6, 6.07) is 10.5. The molecule has 148 valence electrons. The molecule has 0 aromatic heterocycles. The molecule has 1 heterocycles. The zero-order valence-corrected chi connectivity index (χ0v) is 17.7. The van der Waals surface area contributed by atoms with E-state index >= 15 is 0 Å². The smallest absolute Gasteiger partial charge is 0.102 e. The monoisotopic (exact) mass is 361 g/mol. The Morgan fingerprint density at radius 2 is 1.73 bits per heavy atom. The van der Waals surface area contributed by atoms with Gasteiger partial charge in [0, 0.05) is 17.0 Å². The highest BCUT2D eigenvalue weighted by Crippen LogP contribution is 2.49. The average molecular weight is 362 g/mol. The molecular weight excluding hydrogens is 322 g/mol. The van der Waals surface area contributed by atoms with Crippen molar-refractivity contribution < 1.29 is 9.94 Å². The number of hydrogen-bond acceptors (Lipinski definition) is 3. The molecule has 1 N–H and O–H groups in total. The van der Waals surface area contributed by atoms with E-state index in [0.717, 1.165) is 38.5 Å². The minimum atomic E-state index is -0.264. The molecular formula is C23H39NO2. The molecule has 1 aromatic carbocycles. The van der Waals surface area contributed by atoms with Crippen LogP contribution < -0.4 is 0 Å². The molecule has 1 aliphatic rings. The largest absolute Gasteiger partial charge is 0.393 e. The molecule has 2 rings (SSSR count). The number of aliphatic hydroxyl groups is 1. The molecule has 1 fully saturated rings. The lowest BCUT2D eigenvalue weighted by Gasteiger charge is -2.60. The Hall–Kier alpha value is -0.900. The summed E-state index contributed by atoms with van der Waals surface area (Å²) in [7, 11) is 0. The predicted molar refractivity (Wildman–Crippen MR) is 109 cm³/mol. The van der Waals surface area contributed by atoms with Crippen LogP contribution in [0.15, 0.2) is 30.3 Å². The van der Waals surface area contributed by atoms with Crippen LogP contribution in [0, 0.1) is 5.92 Å². The van der Waals surface area contributed by atoms with Gasteiger partial charge in [0.1, 0.15) is 6.10 Å². The normalized spacial score (nSPS) is 34.0. The van der Waals surface area contributed by atoms with E-state index in [2.05, 4.69) is 70.9 Å². The summed E-state index contributed by atoms with van der Waals surface area (Å²) in [5, 5.41) is 13.3. The molecule has 0 aliphatic carbocycles. The van der Waals surface area contributed by atoms with Crippen LogP contribution in [0.4, 0.5) is 0 Å². The molecule has 3 nitrogen and oxygen atoms in total. The maximum Gasteiger partial charge on any atom is 0.102 e. The van der Waals surface area contributed by atoms with Gasteiger partial charge in [-0.05, 0) is 52.0 Å². The molecule has 0 amide bonds. The second-order valence-corrected chi connectivity index (χ2v) is 8.59. The number of aliphatic hydroxyl groups excluding tert-OH is 1. The van der Waals surface area contributed by atoms with E-state index in [1.807, 2.05) is 6.07 Å². The van der Waals surface area contributed by atoms with Gasteiger partial charge >= 0.3 is 0 Å². The molecule has 0 spiro atoms. The van der Waals surface area contributed by atoms with Gasteiger partial charge in [-0.15, -0.1) is 0 Å². The topological polar surface area (TPSA) is 32.7 Å². The highest BCUT2D eigenvalue weighted by molar-refractivity contribution is 5.17. The van der Waals surface area contributed by atoms with Crippen molar-refractivity contribution in [2.75, 3.05) is 0 Å². The lowest BCUT2D eigenvalue weighted by Crippen LogP contribution is -2.68. The Bertz CT molecular complexity index is 548. The molecule has 26 heavy (non-hydrogen) atoms. The second kappa shape index (κ2) is 8.86. The molecule has 0 radical (unpaired) electrons. The van der Waals surface area contributed by atoms with Crippen molar-refractivity contribution in [3.63, 3.8) is 0 Å². The van der Waals surface area contributed by atoms with Crippen molar-refractivity contribution in [1.29, 1.82) is 0 Å². The van der Waals surface area contributed by atoms with E-state index < -0.39 is 0 Å². The van der Waals surface area contributed by atoms with Crippen molar-refractivity contribution in [1.82, 2.24) is 5.06 Å². The minimum Gasteiger partial charge on any atom is -0.393 e. The third kappa shape index (κ3) is 4.16. The summed E-state index contributed by atoms with van der Waals surface area (Å²) >= 11 is 0. The van der Waals surface area contributed by atoms with Gasteiger partial charge in [-0.3, -0.25) is 4.84 Å². The van der Waals surface area contributed by atoms with Gasteiger partial charge in [0.2, 0.25) is 0 Å². The van der Waals surface area contributed by atoms with Crippen molar-refractivity contribution >= 4 is 0 Å². The fourth-order valence-electron chi connectivity index (χ4n) is 5.30. The van der Waals surface area contributed by atoms with Crippen LogP contribution >= 0.6 is 0 Å². The molecule has 1 aromatic rings. The Morgan fingerprint density at radius 1 is 1.12 bits per heavy atom. The Labute approximate surface area is 160 Å². The predicted octanol–water partition coefficient (Wildman–Crippen LogP) is 5.89. The van der Waals surface area contributed by atoms with Crippen molar-refractivity contribution in [2.24, 2.45) is 5.92 Å². The van der Waals surface area contributed by atoms with E-state index in [0.29, 0.717) is 0 Å². The first-order chi connectivity index (χ1) is 12.3. The van der Waals surface area contributed by atoms with Crippen LogP contribution in [0.1, 0.15) is 91.7 Å². The molecule has 0 bridgehead atoms. The van der Waals surface area contributed by atoms with Gasteiger partial charge in [0.25, 0.3) is 0 Å². The Morgan fingerprint density at radius 3 is 2.27 bits per heavy atom. The summed E-state index contributed by atoms with van der Waals surface area (Å²) in [5.41, 5.74) is 0.894. The third-order valence-corrected chi connectivity index (χ3v) is 6.38. The fraction of sp³-hybridized carbons (Fsp3) is 0.739. The molecule has 3 heteroatoms. The van der Waals surface area contributed by atoms with Gasteiger partial charge in [0.05, 0.1) is 6.10 Å². The Kier molecular flexibility index (Phi) is 7.29. The lowest BCUT2D eigenvalue weighted by atomic mass is 9.67. The first-order valence-electron chi connectivity index (χ1n) is 10.5. The van der Waals surface area contributed by atoms with Crippen LogP contribution in [0.25, 0.3) is 0 Å². The highest BCUT2D eigenvalue weighted by Gasteiger charge is 2.55. The van der Waals surface area contributed by atoms with Crippen LogP contribution in [-0.2, 0) is 4.84 Å². The quantitative estimate of drug-likeness (QED) is 0.626. The van der Waals surface area contributed by atoms with E-state index in [-0.39, 0.29) is 29.2 Å². The summed E-state index contributed by atoms with van der Waals surface area (Å²) < 4.78 is 0. The minimum absolute atomic E-state index is 0.00342. The number of rotatable bonds is 8. The second-order valence-electron chi connectivity index (χ2n) is 8.59. The van der Waals surface area contributed by atoms with E-state index in [4.69, 9.17) is 4.84 Å². The van der Waals surface area contributed by atoms with Gasteiger partial charge in [-0.2, -0.15) is 5.06 Å².